The number of anilines is 1. The van der Waals surface area contributed by atoms with E-state index in [0.29, 0.717) is 18.9 Å². The van der Waals surface area contributed by atoms with E-state index in [-0.39, 0.29) is 16.7 Å². The standard InChI is InChI=1S/C14H20N2O4S/c1-16(2)21(18,19)13-5-3-12(4-6-13)15-14(17)11-7-9-20-10-8-11/h3-6,11H,7-10H2,1-2H3,(H,15,17). The SMILES string of the molecule is CN(C)S(=O)(=O)c1ccc(NC(=O)C2CCOCC2)cc1. The summed E-state index contributed by atoms with van der Waals surface area (Å²) in [5, 5.41) is 2.82. The molecular weight excluding hydrogens is 292 g/mol. The Kier molecular flexibility index (Phi) is 4.97. The van der Waals surface area contributed by atoms with Crippen LogP contribution in [-0.2, 0) is 19.6 Å². The summed E-state index contributed by atoms with van der Waals surface area (Å²) in [6.45, 7) is 1.22. The topological polar surface area (TPSA) is 75.7 Å². The van der Waals surface area contributed by atoms with Crippen LogP contribution < -0.4 is 5.32 Å². The minimum atomic E-state index is -3.44. The summed E-state index contributed by atoms with van der Waals surface area (Å²) >= 11 is 0. The van der Waals surface area contributed by atoms with Crippen molar-refractivity contribution in [3.05, 3.63) is 24.3 Å². The lowest BCUT2D eigenvalue weighted by atomic mass is 9.99. The molecule has 0 unspecified atom stereocenters. The van der Waals surface area contributed by atoms with Crippen molar-refractivity contribution in [3.63, 3.8) is 0 Å². The largest absolute Gasteiger partial charge is 0.381 e. The molecule has 0 spiro atoms. The van der Waals surface area contributed by atoms with Crippen LogP contribution in [0.1, 0.15) is 12.8 Å². The van der Waals surface area contributed by atoms with E-state index in [1.807, 2.05) is 0 Å². The Labute approximate surface area is 125 Å². The molecule has 0 aliphatic carbocycles. The third-order valence-corrected chi connectivity index (χ3v) is 5.32. The number of hydrogen-bond donors (Lipinski definition) is 1. The van der Waals surface area contributed by atoms with Crippen LogP contribution in [-0.4, -0.2) is 45.9 Å². The molecule has 1 saturated heterocycles. The average molecular weight is 312 g/mol. The van der Waals surface area contributed by atoms with Gasteiger partial charge < -0.3 is 10.1 Å². The number of benzene rings is 1. The van der Waals surface area contributed by atoms with E-state index in [1.54, 1.807) is 12.1 Å². The van der Waals surface area contributed by atoms with Crippen LogP contribution in [0.15, 0.2) is 29.2 Å². The van der Waals surface area contributed by atoms with E-state index in [0.717, 1.165) is 17.1 Å². The number of carbonyl (C=O) groups is 1. The maximum absolute atomic E-state index is 12.1. The lowest BCUT2D eigenvalue weighted by Gasteiger charge is -2.21. The van der Waals surface area contributed by atoms with Gasteiger partial charge in [0.25, 0.3) is 0 Å². The fourth-order valence-corrected chi connectivity index (χ4v) is 3.03. The number of carbonyl (C=O) groups excluding carboxylic acids is 1. The van der Waals surface area contributed by atoms with Gasteiger partial charge >= 0.3 is 0 Å². The third-order valence-electron chi connectivity index (χ3n) is 3.49. The molecular formula is C14H20N2O4S. The fourth-order valence-electron chi connectivity index (χ4n) is 2.13. The van der Waals surface area contributed by atoms with Crippen molar-refractivity contribution in [2.45, 2.75) is 17.7 Å². The Morgan fingerprint density at radius 2 is 1.76 bits per heavy atom. The zero-order valence-electron chi connectivity index (χ0n) is 12.2. The molecule has 1 fully saturated rings. The quantitative estimate of drug-likeness (QED) is 0.909. The van der Waals surface area contributed by atoms with Gasteiger partial charge in [-0.25, -0.2) is 12.7 Å². The molecule has 1 N–H and O–H groups in total. The van der Waals surface area contributed by atoms with Crippen LogP contribution in [0, 0.1) is 5.92 Å². The molecule has 0 radical (unpaired) electrons. The summed E-state index contributed by atoms with van der Waals surface area (Å²) in [5.41, 5.74) is 0.601. The molecule has 1 aromatic rings. The molecule has 1 heterocycles. The Hall–Kier alpha value is -1.44. The Balaban J connectivity index is 2.04. The summed E-state index contributed by atoms with van der Waals surface area (Å²) in [7, 11) is -0.474. The van der Waals surface area contributed by atoms with Gasteiger partial charge in [-0.15, -0.1) is 0 Å². The molecule has 1 aliphatic heterocycles. The predicted molar refractivity (Wildman–Crippen MR) is 79.5 cm³/mol. The summed E-state index contributed by atoms with van der Waals surface area (Å²) in [6.07, 6.45) is 1.44. The van der Waals surface area contributed by atoms with Gasteiger partial charge in [-0.3, -0.25) is 4.79 Å². The van der Waals surface area contributed by atoms with Gasteiger partial charge in [0.05, 0.1) is 4.90 Å². The van der Waals surface area contributed by atoms with Gasteiger partial charge in [-0.05, 0) is 37.1 Å². The molecule has 7 heteroatoms. The minimum absolute atomic E-state index is 0.0380. The van der Waals surface area contributed by atoms with E-state index in [4.69, 9.17) is 4.74 Å². The number of hydrogen-bond acceptors (Lipinski definition) is 4. The van der Waals surface area contributed by atoms with E-state index >= 15 is 0 Å². The molecule has 1 aromatic carbocycles. The zero-order chi connectivity index (χ0) is 15.5. The van der Waals surface area contributed by atoms with Gasteiger partial charge in [0, 0.05) is 38.9 Å². The summed E-state index contributed by atoms with van der Waals surface area (Å²) in [6, 6.07) is 6.20. The maximum atomic E-state index is 12.1. The molecule has 0 bridgehead atoms. The van der Waals surface area contributed by atoms with Crippen molar-refractivity contribution in [2.75, 3.05) is 32.6 Å². The second-order valence-corrected chi connectivity index (χ2v) is 7.34. The molecule has 6 nitrogen and oxygen atoms in total. The fraction of sp³-hybridized carbons (Fsp3) is 0.500. The van der Waals surface area contributed by atoms with Crippen LogP contribution in [0.3, 0.4) is 0 Å². The molecule has 1 aliphatic rings. The number of ether oxygens (including phenoxy) is 1. The van der Waals surface area contributed by atoms with Crippen molar-refractivity contribution in [1.29, 1.82) is 0 Å². The van der Waals surface area contributed by atoms with Crippen LogP contribution in [0.2, 0.25) is 0 Å². The van der Waals surface area contributed by atoms with Crippen LogP contribution in [0.25, 0.3) is 0 Å². The summed E-state index contributed by atoms with van der Waals surface area (Å²) in [5.74, 6) is -0.0783. The van der Waals surface area contributed by atoms with Crippen LogP contribution in [0.5, 0.6) is 0 Å². The lowest BCUT2D eigenvalue weighted by molar-refractivity contribution is -0.122. The first-order valence-corrected chi connectivity index (χ1v) is 8.26. The molecule has 0 atom stereocenters. The third kappa shape index (κ3) is 3.81. The summed E-state index contributed by atoms with van der Waals surface area (Å²) < 4.78 is 30.3. The first kappa shape index (κ1) is 15.9. The lowest BCUT2D eigenvalue weighted by Crippen LogP contribution is -2.28. The molecule has 1 amide bonds. The van der Waals surface area contributed by atoms with Gasteiger partial charge in [0.1, 0.15) is 0 Å². The number of rotatable bonds is 4. The van der Waals surface area contributed by atoms with E-state index in [2.05, 4.69) is 5.32 Å². The summed E-state index contributed by atoms with van der Waals surface area (Å²) in [4.78, 5) is 12.3. The number of nitrogens with zero attached hydrogens (tertiary/aromatic N) is 1. The van der Waals surface area contributed by atoms with Crippen LogP contribution in [0.4, 0.5) is 5.69 Å². The average Bonchev–Trinajstić information content (AvgIpc) is 2.48. The highest BCUT2D eigenvalue weighted by atomic mass is 32.2. The monoisotopic (exact) mass is 312 g/mol. The van der Waals surface area contributed by atoms with Crippen molar-refractivity contribution < 1.29 is 17.9 Å². The Morgan fingerprint density at radius 1 is 1.19 bits per heavy atom. The first-order chi connectivity index (χ1) is 9.91. The number of nitrogens with one attached hydrogen (secondary N) is 1. The molecule has 0 saturated carbocycles. The van der Waals surface area contributed by atoms with Crippen molar-refractivity contribution in [3.8, 4) is 0 Å². The van der Waals surface area contributed by atoms with Crippen LogP contribution >= 0.6 is 0 Å². The van der Waals surface area contributed by atoms with Crippen molar-refractivity contribution in [2.24, 2.45) is 5.92 Å². The maximum Gasteiger partial charge on any atom is 0.242 e. The number of sulfonamides is 1. The van der Waals surface area contributed by atoms with Gasteiger partial charge in [0.2, 0.25) is 15.9 Å². The minimum Gasteiger partial charge on any atom is -0.381 e. The first-order valence-electron chi connectivity index (χ1n) is 6.82. The normalized spacial score (nSPS) is 16.9. The van der Waals surface area contributed by atoms with Gasteiger partial charge in [-0.1, -0.05) is 0 Å². The molecule has 0 aromatic heterocycles. The smallest absolute Gasteiger partial charge is 0.242 e. The zero-order valence-corrected chi connectivity index (χ0v) is 13.0. The highest BCUT2D eigenvalue weighted by molar-refractivity contribution is 7.89. The van der Waals surface area contributed by atoms with Gasteiger partial charge in [0.15, 0.2) is 0 Å². The second kappa shape index (κ2) is 6.55. The predicted octanol–water partition coefficient (Wildman–Crippen LogP) is 1.30. The number of amides is 1. The van der Waals surface area contributed by atoms with Gasteiger partial charge in [-0.2, -0.15) is 0 Å². The molecule has 2 rings (SSSR count). The highest BCUT2D eigenvalue weighted by Crippen LogP contribution is 2.20. The Bertz CT molecular complexity index is 590. The molecule has 116 valence electrons. The Morgan fingerprint density at radius 3 is 2.29 bits per heavy atom. The van der Waals surface area contributed by atoms with E-state index < -0.39 is 10.0 Å². The second-order valence-electron chi connectivity index (χ2n) is 5.19. The van der Waals surface area contributed by atoms with E-state index in [1.165, 1.54) is 26.2 Å². The van der Waals surface area contributed by atoms with Crippen molar-refractivity contribution in [1.82, 2.24) is 4.31 Å². The van der Waals surface area contributed by atoms with E-state index in [9.17, 15) is 13.2 Å². The highest BCUT2D eigenvalue weighted by Gasteiger charge is 2.22. The van der Waals surface area contributed by atoms with Crippen molar-refractivity contribution >= 4 is 21.6 Å². The molecule has 21 heavy (non-hydrogen) atoms.